The van der Waals surface area contributed by atoms with Gasteiger partial charge in [0, 0.05) is 25.7 Å². The van der Waals surface area contributed by atoms with E-state index >= 15 is 0 Å². The van der Waals surface area contributed by atoms with Gasteiger partial charge in [0.15, 0.2) is 11.4 Å². The van der Waals surface area contributed by atoms with Crippen LogP contribution in [-0.4, -0.2) is 46.1 Å². The maximum Gasteiger partial charge on any atom is 0.341 e. The number of unbranched alkanes of at least 4 members (excludes halogenated alkanes) is 1. The Balaban J connectivity index is 1.85. The lowest BCUT2D eigenvalue weighted by Crippen LogP contribution is -2.50. The smallest absolute Gasteiger partial charge is 0.341 e. The molecule has 0 radical (unpaired) electrons. The lowest BCUT2D eigenvalue weighted by atomic mass is 9.83. The Bertz CT molecular complexity index is 1200. The Labute approximate surface area is 198 Å². The van der Waals surface area contributed by atoms with Gasteiger partial charge in [-0.25, -0.2) is 4.79 Å². The number of hydrogen-bond donors (Lipinski definition) is 1. The average Bonchev–Trinajstić information content (AvgIpc) is 2.85. The summed E-state index contributed by atoms with van der Waals surface area (Å²) in [5.74, 6) is -2.04. The van der Waals surface area contributed by atoms with E-state index in [4.69, 9.17) is 4.74 Å². The summed E-state index contributed by atoms with van der Waals surface area (Å²) in [4.78, 5) is 40.0. The van der Waals surface area contributed by atoms with Crippen molar-refractivity contribution in [1.29, 1.82) is 0 Å². The summed E-state index contributed by atoms with van der Waals surface area (Å²) in [6.45, 7) is 2.53. The molecule has 0 spiro atoms. The van der Waals surface area contributed by atoms with Gasteiger partial charge in [-0.1, -0.05) is 74.0 Å². The molecule has 1 aliphatic heterocycles. The highest BCUT2D eigenvalue weighted by molar-refractivity contribution is 5.97. The van der Waals surface area contributed by atoms with Crippen molar-refractivity contribution in [3.8, 4) is 5.75 Å². The predicted molar refractivity (Wildman–Crippen MR) is 129 cm³/mol. The van der Waals surface area contributed by atoms with Gasteiger partial charge in [0.2, 0.25) is 5.43 Å². The number of amides is 1. The molecule has 4 rings (SSSR count). The van der Waals surface area contributed by atoms with Crippen molar-refractivity contribution < 1.29 is 19.4 Å². The number of aromatic carboxylic acids is 1. The minimum Gasteiger partial charge on any atom is -0.487 e. The van der Waals surface area contributed by atoms with Gasteiger partial charge in [0.1, 0.15) is 5.56 Å². The fraction of sp³-hybridized carbons (Fsp3) is 0.296. The van der Waals surface area contributed by atoms with Gasteiger partial charge in [0.05, 0.1) is 12.6 Å². The molecule has 1 aromatic heterocycles. The van der Waals surface area contributed by atoms with Gasteiger partial charge in [0.25, 0.3) is 5.91 Å². The molecular weight excluding hydrogens is 432 g/mol. The number of ether oxygens (including phenoxy) is 1. The molecule has 1 N–H and O–H groups in total. The number of rotatable bonds is 8. The van der Waals surface area contributed by atoms with Gasteiger partial charge in [-0.3, -0.25) is 9.59 Å². The molecule has 1 amide bonds. The summed E-state index contributed by atoms with van der Waals surface area (Å²) in [5, 5.41) is 9.65. The molecule has 2 heterocycles. The average molecular weight is 461 g/mol. The summed E-state index contributed by atoms with van der Waals surface area (Å²) in [7, 11) is 1.72. The van der Waals surface area contributed by atoms with Gasteiger partial charge in [-0.15, -0.1) is 0 Å². The third-order valence-electron chi connectivity index (χ3n) is 6.32. The second-order valence-corrected chi connectivity index (χ2v) is 8.49. The third kappa shape index (κ3) is 4.33. The van der Waals surface area contributed by atoms with Crippen molar-refractivity contribution in [3.63, 3.8) is 0 Å². The van der Waals surface area contributed by atoms with Crippen molar-refractivity contribution in [3.05, 3.63) is 99.5 Å². The quantitative estimate of drug-likeness (QED) is 0.513. The summed E-state index contributed by atoms with van der Waals surface area (Å²) in [5.41, 5.74) is 1.02. The Hall–Kier alpha value is -3.87. The zero-order chi connectivity index (χ0) is 24.2. The molecule has 2 aromatic carbocycles. The fourth-order valence-electron chi connectivity index (χ4n) is 4.54. The molecule has 3 aromatic rings. The van der Waals surface area contributed by atoms with E-state index in [2.05, 4.69) is 0 Å². The van der Waals surface area contributed by atoms with Crippen LogP contribution in [0.2, 0.25) is 0 Å². The highest BCUT2D eigenvalue weighted by Crippen LogP contribution is 2.35. The fourth-order valence-corrected chi connectivity index (χ4v) is 4.54. The molecule has 1 atom stereocenters. The molecule has 0 unspecified atom stereocenters. The van der Waals surface area contributed by atoms with Crippen molar-refractivity contribution in [2.24, 2.45) is 0 Å². The van der Waals surface area contributed by atoms with Crippen molar-refractivity contribution in [2.75, 3.05) is 13.7 Å². The van der Waals surface area contributed by atoms with Crippen LogP contribution in [0.15, 0.2) is 71.7 Å². The number of fused-ring (bicyclic) bond motifs is 1. The first-order valence-electron chi connectivity index (χ1n) is 11.4. The SMILES string of the molecule is CCCCOc1c2n(cc(C(=O)O)c1=O)C[C@@H](C(c1ccccc1)c1ccccc1)N(C)C2=O. The summed E-state index contributed by atoms with van der Waals surface area (Å²) >= 11 is 0. The molecule has 0 aliphatic carbocycles. The number of carbonyl (C=O) groups excluding carboxylic acids is 1. The van der Waals surface area contributed by atoms with Crippen molar-refractivity contribution in [1.82, 2.24) is 9.47 Å². The largest absolute Gasteiger partial charge is 0.487 e. The lowest BCUT2D eigenvalue weighted by molar-refractivity contribution is 0.0616. The molecule has 7 nitrogen and oxygen atoms in total. The van der Waals surface area contributed by atoms with Crippen molar-refractivity contribution in [2.45, 2.75) is 38.3 Å². The van der Waals surface area contributed by atoms with Crippen LogP contribution in [0, 0.1) is 0 Å². The Kier molecular flexibility index (Phi) is 6.82. The second-order valence-electron chi connectivity index (χ2n) is 8.49. The number of hydrogen-bond acceptors (Lipinski definition) is 4. The summed E-state index contributed by atoms with van der Waals surface area (Å²) in [6.07, 6.45) is 2.80. The molecule has 0 bridgehead atoms. The molecule has 176 valence electrons. The normalized spacial score (nSPS) is 15.3. The Morgan fingerprint density at radius 2 is 1.65 bits per heavy atom. The Morgan fingerprint density at radius 3 is 2.18 bits per heavy atom. The van der Waals surface area contributed by atoms with Gasteiger partial charge >= 0.3 is 5.97 Å². The first kappa shape index (κ1) is 23.3. The number of likely N-dealkylation sites (N-methyl/N-ethyl adjacent to an activating group) is 1. The van der Waals surface area contributed by atoms with Crippen LogP contribution >= 0.6 is 0 Å². The Morgan fingerprint density at radius 1 is 1.06 bits per heavy atom. The van der Waals surface area contributed by atoms with E-state index in [9.17, 15) is 19.5 Å². The van der Waals surface area contributed by atoms with Crippen LogP contribution in [0.4, 0.5) is 0 Å². The standard InChI is InChI=1S/C27H28N2O5/c1-3-4-15-34-25-23-26(31)28(2)21(17-29(23)16-20(24(25)30)27(32)33)22(18-11-7-5-8-12-18)19-13-9-6-10-14-19/h5-14,16,21-22H,3-4,15,17H2,1-2H3,(H,32,33)/t21-/m0/s1. The highest BCUT2D eigenvalue weighted by Gasteiger charge is 2.39. The van der Waals surface area contributed by atoms with Crippen LogP contribution in [0.25, 0.3) is 0 Å². The van der Waals surface area contributed by atoms with E-state index in [1.807, 2.05) is 67.6 Å². The summed E-state index contributed by atoms with van der Waals surface area (Å²) in [6, 6.07) is 19.5. The van der Waals surface area contributed by atoms with Crippen LogP contribution in [0.1, 0.15) is 57.7 Å². The maximum absolute atomic E-state index is 13.6. The van der Waals surface area contributed by atoms with Crippen LogP contribution in [-0.2, 0) is 6.54 Å². The second kappa shape index (κ2) is 9.95. The number of pyridine rings is 1. The van der Waals surface area contributed by atoms with E-state index in [1.165, 1.54) is 6.20 Å². The molecule has 1 aliphatic rings. The van der Waals surface area contributed by atoms with Crippen LogP contribution < -0.4 is 10.2 Å². The predicted octanol–water partition coefficient (Wildman–Crippen LogP) is 4.01. The molecule has 0 saturated carbocycles. The van der Waals surface area contributed by atoms with Crippen LogP contribution in [0.3, 0.4) is 0 Å². The zero-order valence-corrected chi connectivity index (χ0v) is 19.3. The van der Waals surface area contributed by atoms with E-state index in [0.29, 0.717) is 13.0 Å². The molecule has 0 fully saturated rings. The van der Waals surface area contributed by atoms with Crippen LogP contribution in [0.5, 0.6) is 5.75 Å². The van der Waals surface area contributed by atoms with E-state index in [-0.39, 0.29) is 35.9 Å². The minimum atomic E-state index is -1.34. The first-order valence-corrected chi connectivity index (χ1v) is 11.4. The topological polar surface area (TPSA) is 88.8 Å². The molecule has 7 heteroatoms. The molecule has 0 saturated heterocycles. The number of benzene rings is 2. The monoisotopic (exact) mass is 460 g/mol. The molecular formula is C27H28N2O5. The van der Waals surface area contributed by atoms with Gasteiger partial charge < -0.3 is 19.3 Å². The number of aromatic nitrogens is 1. The highest BCUT2D eigenvalue weighted by atomic mass is 16.5. The van der Waals surface area contributed by atoms with E-state index in [1.54, 1.807) is 16.5 Å². The van der Waals surface area contributed by atoms with E-state index < -0.39 is 17.0 Å². The van der Waals surface area contributed by atoms with Crippen molar-refractivity contribution >= 4 is 11.9 Å². The number of carbonyl (C=O) groups is 2. The first-order chi connectivity index (χ1) is 16.4. The molecule has 34 heavy (non-hydrogen) atoms. The van der Waals surface area contributed by atoms with Gasteiger partial charge in [-0.2, -0.15) is 0 Å². The number of carboxylic acids is 1. The maximum atomic E-state index is 13.6. The number of nitrogens with zero attached hydrogens (tertiary/aromatic N) is 2. The van der Waals surface area contributed by atoms with E-state index in [0.717, 1.165) is 17.5 Å². The zero-order valence-electron chi connectivity index (χ0n) is 19.3. The summed E-state index contributed by atoms with van der Waals surface area (Å²) < 4.78 is 7.29. The lowest BCUT2D eigenvalue weighted by Gasteiger charge is -2.40. The number of carboxylic acid groups (broad SMARTS) is 1. The van der Waals surface area contributed by atoms with Gasteiger partial charge in [-0.05, 0) is 17.5 Å². The third-order valence-corrected chi connectivity index (χ3v) is 6.32. The minimum absolute atomic E-state index is 0.102.